The summed E-state index contributed by atoms with van der Waals surface area (Å²) in [6.45, 7) is 4.18. The van der Waals surface area contributed by atoms with Gasteiger partial charge in [0.2, 0.25) is 0 Å². The highest BCUT2D eigenvalue weighted by Crippen LogP contribution is 2.53. The Morgan fingerprint density at radius 1 is 1.50 bits per heavy atom. The minimum absolute atomic E-state index is 0.0502. The van der Waals surface area contributed by atoms with Crippen molar-refractivity contribution in [2.75, 3.05) is 0 Å². The van der Waals surface area contributed by atoms with Gasteiger partial charge in [0.05, 0.1) is 5.92 Å². The van der Waals surface area contributed by atoms with E-state index < -0.39 is 5.92 Å². The molecule has 2 aliphatic carbocycles. The lowest BCUT2D eigenvalue weighted by Crippen LogP contribution is -2.51. The molecule has 3 rings (SSSR count). The number of hydrogen-bond donors (Lipinski definition) is 0. The number of carbonyl (C=O) groups is 2. The molecule has 4 nitrogen and oxygen atoms in total. The number of carbonyl (C=O) groups excluding carboxylic acids is 2. The van der Waals surface area contributed by atoms with E-state index >= 15 is 0 Å². The fourth-order valence-corrected chi connectivity index (χ4v) is 5.15. The zero-order valence-corrected chi connectivity index (χ0v) is 13.6. The van der Waals surface area contributed by atoms with E-state index in [-0.39, 0.29) is 17.1 Å². The minimum Gasteiger partial charge on any atom is -0.303 e. The maximum atomic E-state index is 12.3. The molecule has 0 aromatic carbocycles. The number of rotatable bonds is 1. The van der Waals surface area contributed by atoms with Crippen LogP contribution in [0, 0.1) is 17.8 Å². The number of aromatic nitrogens is 2. The van der Waals surface area contributed by atoms with E-state index in [1.165, 1.54) is 11.3 Å². The third-order valence-corrected chi connectivity index (χ3v) is 6.02. The molecule has 0 N–H and O–H groups in total. The number of nitrogens with zero attached hydrogens (tertiary/aromatic N) is 2. The standard InChI is InChI=1S/C15H19BrN2O2/c1-8-11-5-4-10-13(18(3)17-14(10)16)15(11,2)6-9(7-19)12(8)20/h7-9,11H,4-6H2,1-3H3/t8-,9?,11-,15-/m0/s1. The van der Waals surface area contributed by atoms with Gasteiger partial charge in [0.15, 0.2) is 0 Å². The second kappa shape index (κ2) is 4.52. The van der Waals surface area contributed by atoms with E-state index in [9.17, 15) is 9.59 Å². The fourth-order valence-electron chi connectivity index (χ4n) is 4.52. The summed E-state index contributed by atoms with van der Waals surface area (Å²) in [6, 6.07) is 0. The van der Waals surface area contributed by atoms with E-state index in [0.717, 1.165) is 23.7 Å². The molecule has 0 radical (unpaired) electrons. The highest BCUT2D eigenvalue weighted by Gasteiger charge is 2.53. The first-order valence-corrected chi connectivity index (χ1v) is 7.90. The van der Waals surface area contributed by atoms with Crippen LogP contribution < -0.4 is 0 Å². The molecular formula is C15H19BrN2O2. The highest BCUT2D eigenvalue weighted by atomic mass is 79.9. The molecule has 0 aliphatic heterocycles. The first-order valence-electron chi connectivity index (χ1n) is 7.11. The number of hydrogen-bond acceptors (Lipinski definition) is 3. The molecule has 1 aromatic rings. The fraction of sp³-hybridized carbons (Fsp3) is 0.667. The molecule has 0 bridgehead atoms. The van der Waals surface area contributed by atoms with Crippen molar-refractivity contribution in [3.05, 3.63) is 15.9 Å². The van der Waals surface area contributed by atoms with Crippen molar-refractivity contribution in [2.45, 2.75) is 38.5 Å². The SMILES string of the molecule is C[C@@H]1C(=O)C(C=O)C[C@]2(C)c3c(c(Br)nn3C)CC[C@@H]12. The molecular weight excluding hydrogens is 320 g/mol. The zero-order chi connectivity index (χ0) is 14.7. The third-order valence-electron chi connectivity index (χ3n) is 5.39. The molecule has 108 valence electrons. The van der Waals surface area contributed by atoms with Crippen LogP contribution in [0.25, 0.3) is 0 Å². The smallest absolute Gasteiger partial charge is 0.146 e. The van der Waals surface area contributed by atoms with Gasteiger partial charge in [0.25, 0.3) is 0 Å². The number of aldehydes is 1. The van der Waals surface area contributed by atoms with E-state index in [0.29, 0.717) is 12.3 Å². The van der Waals surface area contributed by atoms with E-state index in [2.05, 4.69) is 28.0 Å². The molecule has 0 saturated heterocycles. The molecule has 0 amide bonds. The monoisotopic (exact) mass is 338 g/mol. The average molecular weight is 339 g/mol. The second-order valence-electron chi connectivity index (χ2n) is 6.44. The second-order valence-corrected chi connectivity index (χ2v) is 7.19. The van der Waals surface area contributed by atoms with Gasteiger partial charge in [0.1, 0.15) is 16.7 Å². The Morgan fingerprint density at radius 3 is 2.85 bits per heavy atom. The van der Waals surface area contributed by atoms with Crippen molar-refractivity contribution < 1.29 is 9.59 Å². The number of fused-ring (bicyclic) bond motifs is 3. The van der Waals surface area contributed by atoms with Crippen molar-refractivity contribution in [3.63, 3.8) is 0 Å². The lowest BCUT2D eigenvalue weighted by molar-refractivity contribution is -0.138. The molecule has 1 heterocycles. The average Bonchev–Trinajstić information content (AvgIpc) is 2.70. The van der Waals surface area contributed by atoms with Crippen LogP contribution >= 0.6 is 15.9 Å². The van der Waals surface area contributed by atoms with Gasteiger partial charge < -0.3 is 4.79 Å². The van der Waals surface area contributed by atoms with Crippen LogP contribution in [0.1, 0.15) is 37.9 Å². The molecule has 1 fully saturated rings. The zero-order valence-electron chi connectivity index (χ0n) is 12.0. The Balaban J connectivity index is 2.16. The molecule has 5 heteroatoms. The van der Waals surface area contributed by atoms with Gasteiger partial charge >= 0.3 is 0 Å². The topological polar surface area (TPSA) is 52.0 Å². The Hall–Kier alpha value is -0.970. The highest BCUT2D eigenvalue weighted by molar-refractivity contribution is 9.10. The van der Waals surface area contributed by atoms with Crippen LogP contribution in [0.15, 0.2) is 4.60 Å². The summed E-state index contributed by atoms with van der Waals surface area (Å²) in [6.07, 6.45) is 3.39. The Labute approximate surface area is 127 Å². The molecule has 1 saturated carbocycles. The maximum absolute atomic E-state index is 12.3. The number of aryl methyl sites for hydroxylation is 1. The van der Waals surface area contributed by atoms with Crippen molar-refractivity contribution in [1.82, 2.24) is 9.78 Å². The predicted octanol–water partition coefficient (Wildman–Crippen LogP) is 2.43. The number of Topliss-reactive ketones (excluding diaryl/α,β-unsaturated/α-hetero) is 1. The molecule has 20 heavy (non-hydrogen) atoms. The Morgan fingerprint density at radius 2 is 2.20 bits per heavy atom. The van der Waals surface area contributed by atoms with Crippen molar-refractivity contribution in [1.29, 1.82) is 0 Å². The van der Waals surface area contributed by atoms with Crippen molar-refractivity contribution >= 4 is 28.0 Å². The third kappa shape index (κ3) is 1.68. The first kappa shape index (κ1) is 14.0. The summed E-state index contributed by atoms with van der Waals surface area (Å²) < 4.78 is 2.83. The van der Waals surface area contributed by atoms with Gasteiger partial charge in [-0.25, -0.2) is 0 Å². The summed E-state index contributed by atoms with van der Waals surface area (Å²) in [5, 5.41) is 4.48. The summed E-state index contributed by atoms with van der Waals surface area (Å²) >= 11 is 3.53. The van der Waals surface area contributed by atoms with Crippen LogP contribution in [0.5, 0.6) is 0 Å². The van der Waals surface area contributed by atoms with Gasteiger partial charge in [-0.1, -0.05) is 13.8 Å². The summed E-state index contributed by atoms with van der Waals surface area (Å²) in [5.74, 6) is -0.0928. The van der Waals surface area contributed by atoms with Gasteiger partial charge in [-0.15, -0.1) is 0 Å². The lowest BCUT2D eigenvalue weighted by Gasteiger charge is -2.49. The first-order chi connectivity index (χ1) is 9.40. The summed E-state index contributed by atoms with van der Waals surface area (Å²) in [4.78, 5) is 23.6. The van der Waals surface area contributed by atoms with E-state index in [4.69, 9.17) is 0 Å². The van der Waals surface area contributed by atoms with Crippen LogP contribution in [0.2, 0.25) is 0 Å². The Bertz CT molecular complexity index is 595. The van der Waals surface area contributed by atoms with Crippen LogP contribution in [-0.4, -0.2) is 21.8 Å². The van der Waals surface area contributed by atoms with Gasteiger partial charge in [0, 0.05) is 29.6 Å². The number of ketones is 1. The Kier molecular flexibility index (Phi) is 3.16. The molecule has 0 spiro atoms. The minimum atomic E-state index is -0.467. The van der Waals surface area contributed by atoms with Crippen LogP contribution in [0.4, 0.5) is 0 Å². The van der Waals surface area contributed by atoms with Crippen molar-refractivity contribution in [2.24, 2.45) is 24.8 Å². The predicted molar refractivity (Wildman–Crippen MR) is 78.4 cm³/mol. The number of halogens is 1. The van der Waals surface area contributed by atoms with E-state index in [1.807, 2.05) is 18.7 Å². The molecule has 4 atom stereocenters. The van der Waals surface area contributed by atoms with E-state index in [1.54, 1.807) is 0 Å². The summed E-state index contributed by atoms with van der Waals surface area (Å²) in [5.41, 5.74) is 2.31. The maximum Gasteiger partial charge on any atom is 0.146 e. The summed E-state index contributed by atoms with van der Waals surface area (Å²) in [7, 11) is 1.95. The molecule has 1 aromatic heterocycles. The van der Waals surface area contributed by atoms with Gasteiger partial charge in [-0.2, -0.15) is 5.10 Å². The molecule has 2 aliphatic rings. The van der Waals surface area contributed by atoms with Gasteiger partial charge in [-0.3, -0.25) is 9.48 Å². The van der Waals surface area contributed by atoms with Crippen molar-refractivity contribution in [3.8, 4) is 0 Å². The quantitative estimate of drug-likeness (QED) is 0.583. The lowest BCUT2D eigenvalue weighted by atomic mass is 9.54. The van der Waals surface area contributed by atoms with Gasteiger partial charge in [-0.05, 0) is 41.1 Å². The largest absolute Gasteiger partial charge is 0.303 e. The molecule has 1 unspecified atom stereocenters. The van der Waals surface area contributed by atoms with Crippen LogP contribution in [0.3, 0.4) is 0 Å². The van der Waals surface area contributed by atoms with Crippen LogP contribution in [-0.2, 0) is 28.5 Å². The normalized spacial score (nSPS) is 36.4.